The highest BCUT2D eigenvalue weighted by Crippen LogP contribution is 2.06. The minimum atomic E-state index is -1.79. The molecule has 1 amide bonds. The van der Waals surface area contributed by atoms with Crippen LogP contribution in [0.1, 0.15) is 26.7 Å². The van der Waals surface area contributed by atoms with Crippen LogP contribution < -0.4 is 5.32 Å². The summed E-state index contributed by atoms with van der Waals surface area (Å²) in [5.74, 6) is -2.01. The second kappa shape index (κ2) is 8.41. The summed E-state index contributed by atoms with van der Waals surface area (Å²) in [4.78, 5) is 11.2. The molecule has 0 aromatic rings. The molecule has 0 aromatic carbocycles. The zero-order valence-corrected chi connectivity index (χ0v) is 10.7. The number of amides is 1. The second-order valence-corrected chi connectivity index (χ2v) is 4.19. The van der Waals surface area contributed by atoms with E-state index in [0.29, 0.717) is 19.8 Å². The molecule has 0 heterocycles. The van der Waals surface area contributed by atoms with Crippen molar-refractivity contribution >= 4 is 5.91 Å². The quantitative estimate of drug-likeness (QED) is 0.383. The van der Waals surface area contributed by atoms with Gasteiger partial charge >= 0.3 is 0 Å². The third kappa shape index (κ3) is 11.6. The van der Waals surface area contributed by atoms with Crippen molar-refractivity contribution in [1.29, 1.82) is 0 Å². The lowest BCUT2D eigenvalue weighted by Crippen LogP contribution is -2.31. The van der Waals surface area contributed by atoms with E-state index in [1.807, 2.05) is 6.92 Å². The summed E-state index contributed by atoms with van der Waals surface area (Å²) < 4.78 is 10.2. The molecule has 0 fully saturated rings. The highest BCUT2D eigenvalue weighted by atomic mass is 16.5. The molecule has 0 spiro atoms. The summed E-state index contributed by atoms with van der Waals surface area (Å²) >= 11 is 0. The van der Waals surface area contributed by atoms with Gasteiger partial charge in [0.05, 0.1) is 19.3 Å². The van der Waals surface area contributed by atoms with Crippen LogP contribution in [0.15, 0.2) is 0 Å². The lowest BCUT2D eigenvalue weighted by atomic mass is 10.1. The molecule has 0 saturated heterocycles. The van der Waals surface area contributed by atoms with Gasteiger partial charge in [0.15, 0.2) is 5.79 Å². The van der Waals surface area contributed by atoms with E-state index in [9.17, 15) is 4.79 Å². The number of methoxy groups -OCH3 is 1. The van der Waals surface area contributed by atoms with Gasteiger partial charge in [-0.2, -0.15) is 0 Å². The molecule has 0 aliphatic heterocycles. The van der Waals surface area contributed by atoms with Crippen LogP contribution in [0.4, 0.5) is 0 Å². The molecule has 0 saturated carbocycles. The fraction of sp³-hybridized carbons (Fsp3) is 0.909. The number of nitrogens with one attached hydrogen (secondary N) is 1. The SMILES string of the molecule is COC(C)COCCNC(=O)CCC(C)(O)O. The van der Waals surface area contributed by atoms with Gasteiger partial charge in [-0.1, -0.05) is 0 Å². The maximum absolute atomic E-state index is 11.2. The minimum absolute atomic E-state index is 0.0143. The van der Waals surface area contributed by atoms with Crippen molar-refractivity contribution < 1.29 is 24.5 Å². The summed E-state index contributed by atoms with van der Waals surface area (Å²) in [7, 11) is 1.61. The first kappa shape index (κ1) is 16.3. The van der Waals surface area contributed by atoms with Crippen molar-refractivity contribution in [2.24, 2.45) is 0 Å². The largest absolute Gasteiger partial charge is 0.379 e. The third-order valence-electron chi connectivity index (χ3n) is 2.15. The first-order valence-corrected chi connectivity index (χ1v) is 5.67. The molecular weight excluding hydrogens is 226 g/mol. The number of ether oxygens (including phenoxy) is 2. The van der Waals surface area contributed by atoms with E-state index in [1.165, 1.54) is 6.92 Å². The number of carbonyl (C=O) groups is 1. The standard InChI is InChI=1S/C11H23NO5/c1-9(16-3)8-17-7-6-12-10(13)4-5-11(2,14)15/h9,14-15H,4-8H2,1-3H3,(H,12,13). The molecular formula is C11H23NO5. The number of hydrogen-bond donors (Lipinski definition) is 3. The van der Waals surface area contributed by atoms with Gasteiger partial charge in [-0.25, -0.2) is 0 Å². The smallest absolute Gasteiger partial charge is 0.220 e. The topological polar surface area (TPSA) is 88.0 Å². The van der Waals surface area contributed by atoms with E-state index in [1.54, 1.807) is 7.11 Å². The third-order valence-corrected chi connectivity index (χ3v) is 2.15. The molecule has 1 unspecified atom stereocenters. The lowest BCUT2D eigenvalue weighted by molar-refractivity contribution is -0.154. The second-order valence-electron chi connectivity index (χ2n) is 4.19. The number of hydrogen-bond acceptors (Lipinski definition) is 5. The van der Waals surface area contributed by atoms with Crippen LogP contribution in [0.2, 0.25) is 0 Å². The van der Waals surface area contributed by atoms with Crippen molar-refractivity contribution in [2.45, 2.75) is 38.6 Å². The van der Waals surface area contributed by atoms with Crippen molar-refractivity contribution in [3.8, 4) is 0 Å². The van der Waals surface area contributed by atoms with Crippen molar-refractivity contribution in [2.75, 3.05) is 26.9 Å². The van der Waals surface area contributed by atoms with Crippen LogP contribution in [-0.2, 0) is 14.3 Å². The Bertz CT molecular complexity index is 214. The molecule has 0 bridgehead atoms. The Morgan fingerprint density at radius 1 is 1.47 bits per heavy atom. The molecule has 6 nitrogen and oxygen atoms in total. The minimum Gasteiger partial charge on any atom is -0.379 e. The van der Waals surface area contributed by atoms with E-state index >= 15 is 0 Å². The summed E-state index contributed by atoms with van der Waals surface area (Å²) in [6.45, 7) is 4.44. The number of aliphatic hydroxyl groups is 2. The van der Waals surface area contributed by atoms with E-state index in [4.69, 9.17) is 19.7 Å². The predicted molar refractivity (Wildman–Crippen MR) is 62.4 cm³/mol. The van der Waals surface area contributed by atoms with E-state index < -0.39 is 5.79 Å². The lowest BCUT2D eigenvalue weighted by Gasteiger charge is -2.15. The Morgan fingerprint density at radius 2 is 2.12 bits per heavy atom. The van der Waals surface area contributed by atoms with Crippen LogP contribution in [0.3, 0.4) is 0 Å². The molecule has 0 rings (SSSR count). The molecule has 17 heavy (non-hydrogen) atoms. The predicted octanol–water partition coefficient (Wildman–Crippen LogP) is -0.365. The Labute approximate surface area is 102 Å². The van der Waals surface area contributed by atoms with E-state index in [0.717, 1.165) is 0 Å². The molecule has 0 aliphatic rings. The van der Waals surface area contributed by atoms with Crippen molar-refractivity contribution in [3.05, 3.63) is 0 Å². The van der Waals surface area contributed by atoms with Crippen molar-refractivity contribution in [3.63, 3.8) is 0 Å². The fourth-order valence-electron chi connectivity index (χ4n) is 1.02. The van der Waals surface area contributed by atoms with Gasteiger partial charge in [-0.15, -0.1) is 0 Å². The van der Waals surface area contributed by atoms with Crippen LogP contribution in [-0.4, -0.2) is 54.9 Å². The summed E-state index contributed by atoms with van der Waals surface area (Å²) in [5.41, 5.74) is 0. The van der Waals surface area contributed by atoms with Gasteiger partial charge < -0.3 is 25.0 Å². The Balaban J connectivity index is 3.40. The fourth-order valence-corrected chi connectivity index (χ4v) is 1.02. The van der Waals surface area contributed by atoms with Gasteiger partial charge in [-0.05, 0) is 13.8 Å². The first-order valence-electron chi connectivity index (χ1n) is 5.67. The van der Waals surface area contributed by atoms with Gasteiger partial charge in [0.1, 0.15) is 0 Å². The molecule has 1 atom stereocenters. The average Bonchev–Trinajstić information content (AvgIpc) is 2.24. The number of rotatable bonds is 9. The number of carbonyl (C=O) groups excluding carboxylic acids is 1. The van der Waals surface area contributed by atoms with Crippen LogP contribution in [0.25, 0.3) is 0 Å². The normalized spacial score (nSPS) is 13.5. The summed E-state index contributed by atoms with van der Waals surface area (Å²) in [6, 6.07) is 0. The Kier molecular flexibility index (Phi) is 8.07. The van der Waals surface area contributed by atoms with E-state index in [-0.39, 0.29) is 24.9 Å². The Hall–Kier alpha value is -0.690. The first-order chi connectivity index (χ1) is 7.85. The Morgan fingerprint density at radius 3 is 2.65 bits per heavy atom. The molecule has 102 valence electrons. The van der Waals surface area contributed by atoms with Gasteiger partial charge in [0, 0.05) is 26.5 Å². The average molecular weight is 249 g/mol. The molecule has 0 radical (unpaired) electrons. The van der Waals surface area contributed by atoms with E-state index in [2.05, 4.69) is 5.32 Å². The summed E-state index contributed by atoms with van der Waals surface area (Å²) in [6.07, 6.45) is 0.133. The zero-order chi connectivity index (χ0) is 13.3. The van der Waals surface area contributed by atoms with Gasteiger partial charge in [0.2, 0.25) is 5.91 Å². The van der Waals surface area contributed by atoms with Crippen LogP contribution in [0.5, 0.6) is 0 Å². The van der Waals surface area contributed by atoms with Gasteiger partial charge in [0.25, 0.3) is 0 Å². The molecule has 6 heteroatoms. The summed E-state index contributed by atoms with van der Waals surface area (Å²) in [5, 5.41) is 20.6. The maximum Gasteiger partial charge on any atom is 0.220 e. The van der Waals surface area contributed by atoms with Crippen molar-refractivity contribution in [1.82, 2.24) is 5.32 Å². The maximum atomic E-state index is 11.2. The monoisotopic (exact) mass is 249 g/mol. The zero-order valence-electron chi connectivity index (χ0n) is 10.7. The van der Waals surface area contributed by atoms with Crippen LogP contribution in [0, 0.1) is 0 Å². The highest BCUT2D eigenvalue weighted by molar-refractivity contribution is 5.75. The molecule has 0 aliphatic carbocycles. The van der Waals surface area contributed by atoms with Gasteiger partial charge in [-0.3, -0.25) is 4.79 Å². The van der Waals surface area contributed by atoms with Crippen LogP contribution >= 0.6 is 0 Å². The highest BCUT2D eigenvalue weighted by Gasteiger charge is 2.16. The molecule has 3 N–H and O–H groups in total. The molecule has 0 aromatic heterocycles.